The number of nitrogens with zero attached hydrogens (tertiary/aromatic N) is 1. The van der Waals surface area contributed by atoms with Crippen LogP contribution in [0.3, 0.4) is 0 Å². The molecular weight excluding hydrogens is 242 g/mol. The third-order valence-electron chi connectivity index (χ3n) is 3.56. The molecule has 2 rings (SSSR count). The van der Waals surface area contributed by atoms with Gasteiger partial charge in [-0.25, -0.2) is 0 Å². The first-order chi connectivity index (χ1) is 9.09. The number of hydrogen-bond acceptors (Lipinski definition) is 3. The van der Waals surface area contributed by atoms with Gasteiger partial charge < -0.3 is 14.8 Å². The van der Waals surface area contributed by atoms with E-state index in [0.29, 0.717) is 5.92 Å². The van der Waals surface area contributed by atoms with Gasteiger partial charge in [-0.3, -0.25) is 4.79 Å². The molecule has 0 radical (unpaired) electrons. The van der Waals surface area contributed by atoms with Gasteiger partial charge in [0.1, 0.15) is 0 Å². The highest BCUT2D eigenvalue weighted by molar-refractivity contribution is 5.95. The fraction of sp³-hybridized carbons (Fsp3) is 0.467. The smallest absolute Gasteiger partial charge is 0.227 e. The maximum Gasteiger partial charge on any atom is 0.227 e. The van der Waals surface area contributed by atoms with Crippen LogP contribution in [0.5, 0.6) is 0 Å². The number of carboxylic acid groups (broad SMARTS) is 1. The molecule has 0 aromatic heterocycles. The first kappa shape index (κ1) is 13.6. The molecular formula is C15H18NO3-. The van der Waals surface area contributed by atoms with Crippen LogP contribution in [-0.2, 0) is 9.59 Å². The van der Waals surface area contributed by atoms with Crippen LogP contribution in [0, 0.1) is 5.92 Å². The molecule has 0 N–H and O–H groups in total. The third-order valence-corrected chi connectivity index (χ3v) is 3.56. The van der Waals surface area contributed by atoms with Crippen LogP contribution in [0.25, 0.3) is 0 Å². The minimum absolute atomic E-state index is 0.00567. The first-order valence-electron chi connectivity index (χ1n) is 6.66. The van der Waals surface area contributed by atoms with E-state index < -0.39 is 5.97 Å². The summed E-state index contributed by atoms with van der Waals surface area (Å²) in [5, 5.41) is 10.5. The molecule has 19 heavy (non-hydrogen) atoms. The molecule has 102 valence electrons. The molecule has 1 atom stereocenters. The van der Waals surface area contributed by atoms with Crippen LogP contribution in [-0.4, -0.2) is 17.9 Å². The van der Waals surface area contributed by atoms with E-state index in [1.165, 1.54) is 0 Å². The van der Waals surface area contributed by atoms with Crippen molar-refractivity contribution in [1.29, 1.82) is 0 Å². The van der Waals surface area contributed by atoms with Crippen molar-refractivity contribution >= 4 is 17.6 Å². The monoisotopic (exact) mass is 260 g/mol. The molecule has 1 amide bonds. The van der Waals surface area contributed by atoms with Crippen molar-refractivity contribution in [2.24, 2.45) is 5.92 Å². The Morgan fingerprint density at radius 3 is 2.42 bits per heavy atom. The van der Waals surface area contributed by atoms with Crippen LogP contribution < -0.4 is 10.0 Å². The number of carbonyl (C=O) groups excluding carboxylic acids is 2. The summed E-state index contributed by atoms with van der Waals surface area (Å²) in [5.41, 5.74) is 0.838. The molecule has 4 heteroatoms. The highest BCUT2D eigenvalue weighted by Crippen LogP contribution is 2.37. The van der Waals surface area contributed by atoms with E-state index in [4.69, 9.17) is 0 Å². The molecule has 0 unspecified atom stereocenters. The standard InChI is InChI=1S/C15H19NO3/c1-11(12-7-8-12)16(13-5-3-2-4-6-13)14(17)9-10-15(18)19/h2-6,11-12H,7-10H2,1H3,(H,18,19)/p-1/t11-/m1/s1. The number of hydrogen-bond donors (Lipinski definition) is 0. The zero-order chi connectivity index (χ0) is 13.8. The number of carboxylic acids is 1. The zero-order valence-electron chi connectivity index (χ0n) is 11.0. The van der Waals surface area contributed by atoms with E-state index in [0.717, 1.165) is 18.5 Å². The Bertz CT molecular complexity index is 454. The molecule has 1 aromatic rings. The van der Waals surface area contributed by atoms with Gasteiger partial charge in [0.15, 0.2) is 0 Å². The number of benzene rings is 1. The molecule has 4 nitrogen and oxygen atoms in total. The second-order valence-corrected chi connectivity index (χ2v) is 5.05. The van der Waals surface area contributed by atoms with Crippen molar-refractivity contribution in [1.82, 2.24) is 0 Å². The van der Waals surface area contributed by atoms with E-state index >= 15 is 0 Å². The highest BCUT2D eigenvalue weighted by atomic mass is 16.4. The Morgan fingerprint density at radius 1 is 1.26 bits per heavy atom. The SMILES string of the molecule is C[C@H](C1CC1)N(C(=O)CCC(=O)[O-])c1ccccc1. The second-order valence-electron chi connectivity index (χ2n) is 5.05. The van der Waals surface area contributed by atoms with E-state index in [9.17, 15) is 14.7 Å². The van der Waals surface area contributed by atoms with Crippen molar-refractivity contribution in [2.45, 2.75) is 38.6 Å². The average Bonchev–Trinajstić information content (AvgIpc) is 3.22. The minimum atomic E-state index is -1.18. The van der Waals surface area contributed by atoms with E-state index in [-0.39, 0.29) is 24.8 Å². The second kappa shape index (κ2) is 5.87. The topological polar surface area (TPSA) is 60.4 Å². The van der Waals surface area contributed by atoms with Gasteiger partial charge in [-0.1, -0.05) is 18.2 Å². The van der Waals surface area contributed by atoms with E-state index in [1.54, 1.807) is 4.90 Å². The predicted molar refractivity (Wildman–Crippen MR) is 70.4 cm³/mol. The first-order valence-corrected chi connectivity index (χ1v) is 6.66. The average molecular weight is 260 g/mol. The van der Waals surface area contributed by atoms with Crippen molar-refractivity contribution < 1.29 is 14.7 Å². The fourth-order valence-electron chi connectivity index (χ4n) is 2.31. The number of aliphatic carboxylic acids is 1. The summed E-state index contributed by atoms with van der Waals surface area (Å²) >= 11 is 0. The van der Waals surface area contributed by atoms with Crippen LogP contribution in [0.4, 0.5) is 5.69 Å². The number of rotatable bonds is 6. The van der Waals surface area contributed by atoms with E-state index in [1.807, 2.05) is 37.3 Å². The minimum Gasteiger partial charge on any atom is -0.550 e. The summed E-state index contributed by atoms with van der Waals surface area (Å²) in [6.45, 7) is 2.03. The van der Waals surface area contributed by atoms with Crippen LogP contribution in [0.15, 0.2) is 30.3 Å². The van der Waals surface area contributed by atoms with Gasteiger partial charge in [0.05, 0.1) is 0 Å². The molecule has 1 fully saturated rings. The van der Waals surface area contributed by atoms with Crippen LogP contribution >= 0.6 is 0 Å². The summed E-state index contributed by atoms with van der Waals surface area (Å²) < 4.78 is 0. The highest BCUT2D eigenvalue weighted by Gasteiger charge is 2.34. The molecule has 0 aliphatic heterocycles. The number of anilines is 1. The van der Waals surface area contributed by atoms with Gasteiger partial charge in [-0.2, -0.15) is 0 Å². The van der Waals surface area contributed by atoms with Gasteiger partial charge >= 0.3 is 0 Å². The summed E-state index contributed by atoms with van der Waals surface area (Å²) in [6, 6.07) is 9.56. The van der Waals surface area contributed by atoms with Crippen LogP contribution in [0.1, 0.15) is 32.6 Å². The normalized spacial score (nSPS) is 15.8. The van der Waals surface area contributed by atoms with Crippen molar-refractivity contribution in [3.63, 3.8) is 0 Å². The molecule has 1 aliphatic rings. The Labute approximate surface area is 113 Å². The molecule has 0 saturated heterocycles. The summed E-state index contributed by atoms with van der Waals surface area (Å²) in [7, 11) is 0. The molecule has 1 saturated carbocycles. The number of carbonyl (C=O) groups is 2. The lowest BCUT2D eigenvalue weighted by Gasteiger charge is -2.29. The third kappa shape index (κ3) is 3.56. The van der Waals surface area contributed by atoms with Gasteiger partial charge in [0, 0.05) is 24.1 Å². The lowest BCUT2D eigenvalue weighted by atomic mass is 10.1. The fourth-order valence-corrected chi connectivity index (χ4v) is 2.31. The number of para-hydroxylation sites is 1. The summed E-state index contributed by atoms with van der Waals surface area (Å²) in [6.07, 6.45) is 2.05. The maximum absolute atomic E-state index is 12.3. The molecule has 1 aromatic carbocycles. The number of amides is 1. The molecule has 0 bridgehead atoms. The summed E-state index contributed by atoms with van der Waals surface area (Å²) in [4.78, 5) is 24.5. The maximum atomic E-state index is 12.3. The molecule has 0 heterocycles. The Balaban J connectivity index is 2.14. The van der Waals surface area contributed by atoms with Crippen LogP contribution in [0.2, 0.25) is 0 Å². The van der Waals surface area contributed by atoms with Gasteiger partial charge in [0.2, 0.25) is 5.91 Å². The van der Waals surface area contributed by atoms with Gasteiger partial charge in [0.25, 0.3) is 0 Å². The lowest BCUT2D eigenvalue weighted by Crippen LogP contribution is -2.40. The van der Waals surface area contributed by atoms with Crippen molar-refractivity contribution in [2.75, 3.05) is 4.90 Å². The predicted octanol–water partition coefficient (Wildman–Crippen LogP) is 1.35. The van der Waals surface area contributed by atoms with E-state index in [2.05, 4.69) is 0 Å². The molecule has 1 aliphatic carbocycles. The zero-order valence-corrected chi connectivity index (χ0v) is 11.0. The Morgan fingerprint density at radius 2 is 1.89 bits per heavy atom. The Hall–Kier alpha value is -1.84. The lowest BCUT2D eigenvalue weighted by molar-refractivity contribution is -0.305. The van der Waals surface area contributed by atoms with Crippen molar-refractivity contribution in [3.05, 3.63) is 30.3 Å². The Kier molecular flexibility index (Phi) is 4.20. The van der Waals surface area contributed by atoms with Gasteiger partial charge in [-0.05, 0) is 44.2 Å². The largest absolute Gasteiger partial charge is 0.550 e. The quantitative estimate of drug-likeness (QED) is 0.775. The van der Waals surface area contributed by atoms with Gasteiger partial charge in [-0.15, -0.1) is 0 Å². The molecule has 0 spiro atoms. The van der Waals surface area contributed by atoms with Crippen molar-refractivity contribution in [3.8, 4) is 0 Å². The summed E-state index contributed by atoms with van der Waals surface area (Å²) in [5.74, 6) is -0.789.